The van der Waals surface area contributed by atoms with Crippen LogP contribution in [-0.4, -0.2) is 31.6 Å². The van der Waals surface area contributed by atoms with Crippen LogP contribution in [-0.2, 0) is 9.84 Å². The fraction of sp³-hybridized carbons (Fsp3) is 0.538. The molecule has 0 bridgehead atoms. The highest BCUT2D eigenvalue weighted by molar-refractivity contribution is 7.91. The molecular weight excluding hydrogens is 252 g/mol. The topological polar surface area (TPSA) is 63.6 Å². The van der Waals surface area contributed by atoms with Crippen LogP contribution in [0.1, 0.15) is 31.9 Å². The average Bonchev–Trinajstić information content (AvgIpc) is 2.29. The Bertz CT molecular complexity index is 466. The highest BCUT2D eigenvalue weighted by Crippen LogP contribution is 2.24. The van der Waals surface area contributed by atoms with Crippen molar-refractivity contribution in [2.24, 2.45) is 0 Å². The Labute approximate surface area is 109 Å². The van der Waals surface area contributed by atoms with Gasteiger partial charge in [0.15, 0.2) is 9.84 Å². The number of sulfone groups is 1. The molecule has 1 aromatic rings. The zero-order chi connectivity index (χ0) is 13.6. The highest BCUT2D eigenvalue weighted by Gasteiger charge is 2.12. The van der Waals surface area contributed by atoms with Crippen molar-refractivity contribution in [1.82, 2.24) is 0 Å². The van der Waals surface area contributed by atoms with Crippen molar-refractivity contribution in [2.45, 2.75) is 26.4 Å². The van der Waals surface area contributed by atoms with Crippen molar-refractivity contribution < 1.29 is 18.3 Å². The largest absolute Gasteiger partial charge is 0.492 e. The molecule has 1 aromatic carbocycles. The highest BCUT2D eigenvalue weighted by atomic mass is 32.2. The van der Waals surface area contributed by atoms with Gasteiger partial charge in [0.05, 0.1) is 17.6 Å². The maximum Gasteiger partial charge on any atom is 0.153 e. The molecular formula is C13H20O4S. The van der Waals surface area contributed by atoms with E-state index in [1.54, 1.807) is 25.1 Å². The fourth-order valence-electron chi connectivity index (χ4n) is 1.65. The lowest BCUT2D eigenvalue weighted by molar-refractivity contribution is 0.192. The van der Waals surface area contributed by atoms with Gasteiger partial charge in [0.2, 0.25) is 0 Å². The summed E-state index contributed by atoms with van der Waals surface area (Å²) in [6.45, 7) is 3.60. The van der Waals surface area contributed by atoms with Crippen LogP contribution in [0.3, 0.4) is 0 Å². The summed E-state index contributed by atoms with van der Waals surface area (Å²) >= 11 is 0. The third kappa shape index (κ3) is 4.66. The van der Waals surface area contributed by atoms with E-state index in [1.165, 1.54) is 0 Å². The molecule has 0 fully saturated rings. The first kappa shape index (κ1) is 15.0. The summed E-state index contributed by atoms with van der Waals surface area (Å²) in [5, 5.41) is 9.55. The number of benzene rings is 1. The van der Waals surface area contributed by atoms with E-state index in [2.05, 4.69) is 0 Å². The molecule has 5 heteroatoms. The van der Waals surface area contributed by atoms with Crippen LogP contribution in [0.4, 0.5) is 0 Å². The molecule has 0 aliphatic heterocycles. The maximum absolute atomic E-state index is 11.5. The van der Waals surface area contributed by atoms with Gasteiger partial charge in [-0.05, 0) is 19.4 Å². The Morgan fingerprint density at radius 2 is 1.94 bits per heavy atom. The molecule has 4 nitrogen and oxygen atoms in total. The van der Waals surface area contributed by atoms with Gasteiger partial charge in [0, 0.05) is 5.56 Å². The third-order valence-electron chi connectivity index (χ3n) is 2.54. The molecule has 102 valence electrons. The van der Waals surface area contributed by atoms with Crippen molar-refractivity contribution in [3.8, 4) is 5.75 Å². The lowest BCUT2D eigenvalue weighted by Gasteiger charge is -2.13. The Balaban J connectivity index is 2.59. The van der Waals surface area contributed by atoms with E-state index in [1.807, 2.05) is 13.0 Å². The minimum atomic E-state index is -3.02. The van der Waals surface area contributed by atoms with E-state index >= 15 is 0 Å². The normalized spacial score (nSPS) is 13.3. The van der Waals surface area contributed by atoms with Gasteiger partial charge in [-0.25, -0.2) is 8.42 Å². The summed E-state index contributed by atoms with van der Waals surface area (Å²) in [6, 6.07) is 7.10. The maximum atomic E-state index is 11.5. The van der Waals surface area contributed by atoms with Gasteiger partial charge in [-0.1, -0.05) is 25.1 Å². The molecule has 0 spiro atoms. The van der Waals surface area contributed by atoms with Crippen LogP contribution in [0.15, 0.2) is 24.3 Å². The third-order valence-corrected chi connectivity index (χ3v) is 4.36. The molecule has 0 radical (unpaired) electrons. The van der Waals surface area contributed by atoms with Crippen molar-refractivity contribution >= 4 is 9.84 Å². The summed E-state index contributed by atoms with van der Waals surface area (Å²) < 4.78 is 28.5. The molecule has 0 aliphatic carbocycles. The smallest absolute Gasteiger partial charge is 0.153 e. The minimum absolute atomic E-state index is 0.00891. The van der Waals surface area contributed by atoms with Gasteiger partial charge in [0.25, 0.3) is 0 Å². The lowest BCUT2D eigenvalue weighted by atomic mass is 10.1. The van der Waals surface area contributed by atoms with Crippen molar-refractivity contribution in [3.05, 3.63) is 29.8 Å². The number of para-hydroxylation sites is 1. The number of aliphatic hydroxyl groups excluding tert-OH is 1. The molecule has 0 amide bonds. The molecule has 0 saturated heterocycles. The van der Waals surface area contributed by atoms with E-state index in [4.69, 9.17) is 4.74 Å². The first-order valence-corrected chi connectivity index (χ1v) is 7.88. The van der Waals surface area contributed by atoms with Gasteiger partial charge < -0.3 is 9.84 Å². The van der Waals surface area contributed by atoms with Crippen LogP contribution in [0.5, 0.6) is 5.75 Å². The second-order valence-corrected chi connectivity index (χ2v) is 6.52. The molecule has 0 heterocycles. The average molecular weight is 272 g/mol. The lowest BCUT2D eigenvalue weighted by Crippen LogP contribution is -2.17. The first-order chi connectivity index (χ1) is 8.46. The number of rotatable bonds is 7. The summed E-state index contributed by atoms with van der Waals surface area (Å²) in [4.78, 5) is 0. The second-order valence-electron chi connectivity index (χ2n) is 4.21. The van der Waals surface area contributed by atoms with Crippen LogP contribution < -0.4 is 4.74 Å². The Kier molecular flexibility index (Phi) is 5.62. The molecule has 0 aliphatic rings. The first-order valence-electron chi connectivity index (χ1n) is 6.06. The summed E-state index contributed by atoms with van der Waals surface area (Å²) in [5.74, 6) is 0.739. The fourth-order valence-corrected chi connectivity index (χ4v) is 2.81. The van der Waals surface area contributed by atoms with Crippen molar-refractivity contribution in [2.75, 3.05) is 18.1 Å². The summed E-state index contributed by atoms with van der Waals surface area (Å²) in [7, 11) is -3.02. The number of ether oxygens (including phenoxy) is 1. The van der Waals surface area contributed by atoms with Crippen LogP contribution in [0, 0.1) is 0 Å². The van der Waals surface area contributed by atoms with Gasteiger partial charge in [0.1, 0.15) is 12.4 Å². The summed E-state index contributed by atoms with van der Waals surface area (Å²) in [5.41, 5.74) is 0.672. The van der Waals surface area contributed by atoms with Gasteiger partial charge in [-0.3, -0.25) is 0 Å². The quantitative estimate of drug-likeness (QED) is 0.824. The van der Waals surface area contributed by atoms with Crippen molar-refractivity contribution in [1.29, 1.82) is 0 Å². The second kappa shape index (κ2) is 6.75. The van der Waals surface area contributed by atoms with Gasteiger partial charge in [-0.2, -0.15) is 0 Å². The Hall–Kier alpha value is -1.07. The molecule has 1 N–H and O–H groups in total. The predicted molar refractivity (Wildman–Crippen MR) is 71.5 cm³/mol. The van der Waals surface area contributed by atoms with Crippen LogP contribution >= 0.6 is 0 Å². The molecule has 0 saturated carbocycles. The van der Waals surface area contributed by atoms with E-state index in [9.17, 15) is 13.5 Å². The zero-order valence-electron chi connectivity index (χ0n) is 10.8. The zero-order valence-corrected chi connectivity index (χ0v) is 11.6. The number of aliphatic hydroxyl groups is 1. The van der Waals surface area contributed by atoms with Crippen molar-refractivity contribution in [3.63, 3.8) is 0 Å². The van der Waals surface area contributed by atoms with E-state index < -0.39 is 15.9 Å². The standard InChI is InChI=1S/C13H20O4S/c1-3-9-18(15,16)10-8-17-13-7-5-4-6-12(13)11(2)14/h4-7,11,14H,3,8-10H2,1-2H3. The predicted octanol–water partition coefficient (Wildman–Crippen LogP) is 1.94. The van der Waals surface area contributed by atoms with E-state index in [-0.39, 0.29) is 18.1 Å². The van der Waals surface area contributed by atoms with E-state index in [0.29, 0.717) is 17.7 Å². The molecule has 1 unspecified atom stereocenters. The molecule has 1 atom stereocenters. The minimum Gasteiger partial charge on any atom is -0.492 e. The summed E-state index contributed by atoms with van der Waals surface area (Å²) in [6.07, 6.45) is -0.0134. The Morgan fingerprint density at radius 1 is 1.28 bits per heavy atom. The molecule has 0 aromatic heterocycles. The van der Waals surface area contributed by atoms with Crippen LogP contribution in [0.25, 0.3) is 0 Å². The van der Waals surface area contributed by atoms with Gasteiger partial charge >= 0.3 is 0 Å². The monoisotopic (exact) mass is 272 g/mol. The SMILES string of the molecule is CCCS(=O)(=O)CCOc1ccccc1C(C)O. The number of hydrogen-bond donors (Lipinski definition) is 1. The molecule has 18 heavy (non-hydrogen) atoms. The van der Waals surface area contributed by atoms with Crippen LogP contribution in [0.2, 0.25) is 0 Å². The molecule has 1 rings (SSSR count). The number of hydrogen-bond acceptors (Lipinski definition) is 4. The Morgan fingerprint density at radius 3 is 2.56 bits per heavy atom. The van der Waals surface area contributed by atoms with E-state index in [0.717, 1.165) is 0 Å². The van der Waals surface area contributed by atoms with Gasteiger partial charge in [-0.15, -0.1) is 0 Å².